The van der Waals surface area contributed by atoms with Crippen LogP contribution in [0.1, 0.15) is 19.5 Å². The first kappa shape index (κ1) is 10.8. The average Bonchev–Trinajstić information content (AvgIpc) is 2.80. The quantitative estimate of drug-likeness (QED) is 0.849. The fourth-order valence-corrected chi connectivity index (χ4v) is 1.60. The molecule has 0 aromatic carbocycles. The molecule has 2 heterocycles. The topological polar surface area (TPSA) is 42.7 Å². The van der Waals surface area contributed by atoms with Crippen LogP contribution in [0.2, 0.25) is 0 Å². The summed E-state index contributed by atoms with van der Waals surface area (Å²) >= 11 is 0. The van der Waals surface area contributed by atoms with E-state index in [0.29, 0.717) is 0 Å². The lowest BCUT2D eigenvalue weighted by Gasteiger charge is -2.25. The first-order chi connectivity index (χ1) is 7.65. The van der Waals surface area contributed by atoms with Gasteiger partial charge in [0.15, 0.2) is 0 Å². The molecule has 0 radical (unpaired) electrons. The molecule has 2 aromatic rings. The molecule has 1 N–H and O–H groups in total. The van der Waals surface area contributed by atoms with E-state index in [1.54, 1.807) is 12.4 Å². The van der Waals surface area contributed by atoms with E-state index < -0.39 is 0 Å². The summed E-state index contributed by atoms with van der Waals surface area (Å²) in [6.07, 6.45) is 7.28. The highest BCUT2D eigenvalue weighted by molar-refractivity contribution is 5.33. The fraction of sp³-hybridized carbons (Fsp3) is 0.333. The summed E-state index contributed by atoms with van der Waals surface area (Å²) in [5.41, 5.74) is 2.09. The van der Waals surface area contributed by atoms with Crippen molar-refractivity contribution in [3.63, 3.8) is 0 Å². The minimum Gasteiger partial charge on any atom is -0.310 e. The van der Waals surface area contributed by atoms with E-state index >= 15 is 0 Å². The molecule has 0 amide bonds. The molecule has 2 aromatic heterocycles. The molecule has 0 fully saturated rings. The molecule has 0 aliphatic heterocycles. The van der Waals surface area contributed by atoms with Crippen molar-refractivity contribution in [1.29, 1.82) is 0 Å². The highest BCUT2D eigenvalue weighted by Gasteiger charge is 2.22. The number of pyridine rings is 1. The maximum Gasteiger partial charge on any atom is 0.0994 e. The second-order valence-electron chi connectivity index (χ2n) is 4.23. The number of nitrogens with zero attached hydrogens (tertiary/aromatic N) is 3. The van der Waals surface area contributed by atoms with Gasteiger partial charge >= 0.3 is 0 Å². The van der Waals surface area contributed by atoms with Crippen molar-refractivity contribution in [2.24, 2.45) is 0 Å². The zero-order chi connectivity index (χ0) is 11.6. The fourth-order valence-electron chi connectivity index (χ4n) is 1.60. The van der Waals surface area contributed by atoms with Crippen molar-refractivity contribution >= 4 is 0 Å². The molecule has 4 heteroatoms. The Labute approximate surface area is 95.4 Å². The molecule has 0 atom stereocenters. The largest absolute Gasteiger partial charge is 0.310 e. The summed E-state index contributed by atoms with van der Waals surface area (Å²) in [4.78, 5) is 8.23. The monoisotopic (exact) mass is 216 g/mol. The van der Waals surface area contributed by atoms with E-state index in [0.717, 1.165) is 11.4 Å². The lowest BCUT2D eigenvalue weighted by atomic mass is 10.0. The Morgan fingerprint density at radius 3 is 2.50 bits per heavy atom. The van der Waals surface area contributed by atoms with Crippen LogP contribution in [0.3, 0.4) is 0 Å². The Hall–Kier alpha value is -1.68. The third kappa shape index (κ3) is 1.84. The molecule has 16 heavy (non-hydrogen) atoms. The molecule has 0 aliphatic carbocycles. The van der Waals surface area contributed by atoms with Crippen LogP contribution in [0, 0.1) is 0 Å². The number of hydrogen-bond acceptors (Lipinski definition) is 3. The first-order valence-electron chi connectivity index (χ1n) is 5.27. The van der Waals surface area contributed by atoms with Gasteiger partial charge in [0.1, 0.15) is 0 Å². The Kier molecular flexibility index (Phi) is 2.75. The van der Waals surface area contributed by atoms with Crippen LogP contribution >= 0.6 is 0 Å². The van der Waals surface area contributed by atoms with Gasteiger partial charge in [-0.2, -0.15) is 0 Å². The smallest absolute Gasteiger partial charge is 0.0994 e. The molecule has 0 saturated heterocycles. The summed E-state index contributed by atoms with van der Waals surface area (Å²) in [5.74, 6) is 0. The van der Waals surface area contributed by atoms with Gasteiger partial charge in [-0.15, -0.1) is 0 Å². The van der Waals surface area contributed by atoms with Crippen LogP contribution in [0.5, 0.6) is 0 Å². The van der Waals surface area contributed by atoms with Crippen LogP contribution < -0.4 is 5.32 Å². The minimum absolute atomic E-state index is 0.111. The molecule has 0 aliphatic rings. The summed E-state index contributed by atoms with van der Waals surface area (Å²) in [7, 11) is 1.95. The lowest BCUT2D eigenvalue weighted by Crippen LogP contribution is -2.35. The van der Waals surface area contributed by atoms with Crippen LogP contribution in [0.4, 0.5) is 0 Å². The standard InChI is InChI=1S/C12H16N4/c1-12(2,13-3)11-8-15-9-16(11)10-4-6-14-7-5-10/h4-9,13H,1-3H3. The van der Waals surface area contributed by atoms with Crippen molar-refractivity contribution < 1.29 is 0 Å². The van der Waals surface area contributed by atoms with E-state index in [2.05, 4.69) is 33.7 Å². The lowest BCUT2D eigenvalue weighted by molar-refractivity contribution is 0.424. The Morgan fingerprint density at radius 2 is 1.88 bits per heavy atom. The zero-order valence-corrected chi connectivity index (χ0v) is 9.81. The van der Waals surface area contributed by atoms with Gasteiger partial charge in [0.2, 0.25) is 0 Å². The van der Waals surface area contributed by atoms with Crippen molar-refractivity contribution in [2.75, 3.05) is 7.05 Å². The van der Waals surface area contributed by atoms with Gasteiger partial charge in [-0.25, -0.2) is 4.98 Å². The van der Waals surface area contributed by atoms with Gasteiger partial charge < -0.3 is 9.88 Å². The van der Waals surface area contributed by atoms with Gasteiger partial charge in [0.25, 0.3) is 0 Å². The van der Waals surface area contributed by atoms with Crippen LogP contribution in [0.25, 0.3) is 5.69 Å². The summed E-state index contributed by atoms with van der Waals surface area (Å²) in [5, 5.41) is 3.28. The predicted octanol–water partition coefficient (Wildman–Crippen LogP) is 1.72. The van der Waals surface area contributed by atoms with Gasteiger partial charge in [-0.05, 0) is 33.0 Å². The number of rotatable bonds is 3. The molecule has 0 unspecified atom stereocenters. The number of nitrogens with one attached hydrogen (secondary N) is 1. The molecule has 84 valence electrons. The predicted molar refractivity (Wildman–Crippen MR) is 63.4 cm³/mol. The maximum atomic E-state index is 4.22. The summed E-state index contributed by atoms with van der Waals surface area (Å²) in [6, 6.07) is 3.94. The average molecular weight is 216 g/mol. The molecule has 2 rings (SSSR count). The highest BCUT2D eigenvalue weighted by Crippen LogP contribution is 2.21. The SMILES string of the molecule is CNC(C)(C)c1cncn1-c1ccncc1. The van der Waals surface area contributed by atoms with Crippen molar-refractivity contribution in [2.45, 2.75) is 19.4 Å². The Bertz CT molecular complexity index is 459. The molecular weight excluding hydrogens is 200 g/mol. The van der Waals surface area contributed by atoms with Gasteiger partial charge in [0, 0.05) is 18.1 Å². The van der Waals surface area contributed by atoms with E-state index in [4.69, 9.17) is 0 Å². The minimum atomic E-state index is -0.111. The van der Waals surface area contributed by atoms with E-state index in [-0.39, 0.29) is 5.54 Å². The highest BCUT2D eigenvalue weighted by atomic mass is 15.1. The van der Waals surface area contributed by atoms with Crippen molar-refractivity contribution in [3.05, 3.63) is 42.7 Å². The third-order valence-electron chi connectivity index (χ3n) is 2.84. The second kappa shape index (κ2) is 4.06. The van der Waals surface area contributed by atoms with Crippen LogP contribution in [0.15, 0.2) is 37.1 Å². The van der Waals surface area contributed by atoms with E-state index in [1.807, 2.05) is 31.7 Å². The van der Waals surface area contributed by atoms with Crippen LogP contribution in [-0.4, -0.2) is 21.6 Å². The first-order valence-corrected chi connectivity index (χ1v) is 5.27. The Morgan fingerprint density at radius 1 is 1.19 bits per heavy atom. The zero-order valence-electron chi connectivity index (χ0n) is 9.81. The van der Waals surface area contributed by atoms with Gasteiger partial charge in [0.05, 0.1) is 23.8 Å². The third-order valence-corrected chi connectivity index (χ3v) is 2.84. The van der Waals surface area contributed by atoms with Gasteiger partial charge in [-0.1, -0.05) is 0 Å². The summed E-state index contributed by atoms with van der Waals surface area (Å²) < 4.78 is 2.07. The van der Waals surface area contributed by atoms with E-state index in [1.165, 1.54) is 0 Å². The molecular formula is C12H16N4. The molecule has 0 saturated carbocycles. The van der Waals surface area contributed by atoms with Crippen LogP contribution in [-0.2, 0) is 5.54 Å². The molecule has 4 nitrogen and oxygen atoms in total. The van der Waals surface area contributed by atoms with Crippen molar-refractivity contribution in [3.8, 4) is 5.69 Å². The molecule has 0 spiro atoms. The maximum absolute atomic E-state index is 4.22. The van der Waals surface area contributed by atoms with E-state index in [9.17, 15) is 0 Å². The number of imidazole rings is 1. The van der Waals surface area contributed by atoms with Crippen molar-refractivity contribution in [1.82, 2.24) is 19.9 Å². The summed E-state index contributed by atoms with van der Waals surface area (Å²) in [6.45, 7) is 4.25. The molecule has 0 bridgehead atoms. The normalized spacial score (nSPS) is 11.7. The number of hydrogen-bond donors (Lipinski definition) is 1. The second-order valence-corrected chi connectivity index (χ2v) is 4.23. The Balaban J connectivity index is 2.49. The van der Waals surface area contributed by atoms with Gasteiger partial charge in [-0.3, -0.25) is 4.98 Å². The number of aromatic nitrogens is 3.